The van der Waals surface area contributed by atoms with Crippen LogP contribution in [0.3, 0.4) is 0 Å². The summed E-state index contributed by atoms with van der Waals surface area (Å²) in [5, 5.41) is 2.97. The molecule has 2 aliphatic rings. The fraction of sp³-hybridized carbons (Fsp3) is 0.579. The van der Waals surface area contributed by atoms with Crippen molar-refractivity contribution in [2.75, 3.05) is 52.5 Å². The van der Waals surface area contributed by atoms with Crippen molar-refractivity contribution >= 4 is 11.8 Å². The van der Waals surface area contributed by atoms with Crippen molar-refractivity contribution in [3.8, 4) is 0 Å². The van der Waals surface area contributed by atoms with E-state index >= 15 is 0 Å². The van der Waals surface area contributed by atoms with Crippen LogP contribution in [0, 0.1) is 11.7 Å². The second-order valence-electron chi connectivity index (χ2n) is 7.02. The predicted molar refractivity (Wildman–Crippen MR) is 94.2 cm³/mol. The zero-order valence-corrected chi connectivity index (χ0v) is 15.0. The molecule has 2 fully saturated rings. The Kier molecular flexibility index (Phi) is 6.57. The molecule has 2 aliphatic heterocycles. The van der Waals surface area contributed by atoms with Crippen LogP contribution in [-0.2, 0) is 20.7 Å². The first-order chi connectivity index (χ1) is 12.6. The van der Waals surface area contributed by atoms with Crippen molar-refractivity contribution in [1.29, 1.82) is 0 Å². The van der Waals surface area contributed by atoms with Gasteiger partial charge in [0.1, 0.15) is 18.9 Å². The van der Waals surface area contributed by atoms with Crippen LogP contribution < -0.4 is 10.2 Å². The van der Waals surface area contributed by atoms with Crippen molar-refractivity contribution in [1.82, 2.24) is 10.2 Å². The molecule has 142 valence electrons. The molecule has 0 aromatic heterocycles. The largest absolute Gasteiger partial charge is 0.370 e. The van der Waals surface area contributed by atoms with Gasteiger partial charge in [0.2, 0.25) is 11.8 Å². The summed E-state index contributed by atoms with van der Waals surface area (Å²) in [5.41, 5.74) is 0.987. The Morgan fingerprint density at radius 3 is 2.73 bits per heavy atom. The molecule has 3 rings (SSSR count). The summed E-state index contributed by atoms with van der Waals surface area (Å²) < 4.78 is 18.3. The van der Waals surface area contributed by atoms with E-state index in [1.54, 1.807) is 17.0 Å². The van der Waals surface area contributed by atoms with Crippen LogP contribution in [0.5, 0.6) is 0 Å². The first kappa shape index (κ1) is 18.8. The van der Waals surface area contributed by atoms with Gasteiger partial charge in [-0.15, -0.1) is 0 Å². The monoisotopic (exact) mass is 364 g/mol. The Bertz CT molecular complexity index is 617. The second kappa shape index (κ2) is 9.09. The van der Waals surface area contributed by atoms with Gasteiger partial charge in [0.25, 0.3) is 0 Å². The third-order valence-electron chi connectivity index (χ3n) is 5.15. The average Bonchev–Trinajstić information content (AvgIpc) is 3.03. The SMILES string of the molecule is O=C(NCC[NH+]1CCOCC1)[C@H]1CC(=O)N(CCc2ccc(F)cc2)C1. The highest BCUT2D eigenvalue weighted by molar-refractivity contribution is 5.89. The second-order valence-corrected chi connectivity index (χ2v) is 7.02. The first-order valence-electron chi connectivity index (χ1n) is 9.33. The molecule has 1 aromatic carbocycles. The van der Waals surface area contributed by atoms with E-state index in [-0.39, 0.29) is 30.0 Å². The number of nitrogens with one attached hydrogen (secondary N) is 2. The molecular formula is C19H27FN3O3+. The lowest BCUT2D eigenvalue weighted by Crippen LogP contribution is -3.14. The number of carbonyl (C=O) groups is 2. The van der Waals surface area contributed by atoms with E-state index in [2.05, 4.69) is 5.32 Å². The molecule has 26 heavy (non-hydrogen) atoms. The van der Waals surface area contributed by atoms with E-state index in [1.165, 1.54) is 17.0 Å². The fourth-order valence-corrected chi connectivity index (χ4v) is 3.50. The number of ether oxygens (including phenoxy) is 1. The average molecular weight is 364 g/mol. The van der Waals surface area contributed by atoms with Gasteiger partial charge in [-0.25, -0.2) is 4.39 Å². The lowest BCUT2D eigenvalue weighted by molar-refractivity contribution is -0.906. The summed E-state index contributed by atoms with van der Waals surface area (Å²) >= 11 is 0. The van der Waals surface area contributed by atoms with Crippen LogP contribution >= 0.6 is 0 Å². The summed E-state index contributed by atoms with van der Waals surface area (Å²) in [7, 11) is 0. The molecule has 0 bridgehead atoms. The van der Waals surface area contributed by atoms with Crippen LogP contribution in [0.2, 0.25) is 0 Å². The van der Waals surface area contributed by atoms with E-state index in [9.17, 15) is 14.0 Å². The number of rotatable bonds is 7. The summed E-state index contributed by atoms with van der Waals surface area (Å²) in [6, 6.07) is 6.31. The van der Waals surface area contributed by atoms with Crippen molar-refractivity contribution in [3.05, 3.63) is 35.6 Å². The number of benzene rings is 1. The zero-order chi connectivity index (χ0) is 18.4. The number of quaternary nitrogens is 1. The van der Waals surface area contributed by atoms with Gasteiger partial charge in [-0.2, -0.15) is 0 Å². The van der Waals surface area contributed by atoms with E-state index in [4.69, 9.17) is 4.74 Å². The summed E-state index contributed by atoms with van der Waals surface area (Å²) in [6.07, 6.45) is 0.945. The molecule has 0 radical (unpaired) electrons. The molecule has 0 unspecified atom stereocenters. The van der Waals surface area contributed by atoms with Gasteiger partial charge in [-0.05, 0) is 24.1 Å². The topological polar surface area (TPSA) is 63.1 Å². The van der Waals surface area contributed by atoms with Gasteiger partial charge >= 0.3 is 0 Å². The van der Waals surface area contributed by atoms with Crippen molar-refractivity contribution in [3.63, 3.8) is 0 Å². The Morgan fingerprint density at radius 1 is 1.27 bits per heavy atom. The van der Waals surface area contributed by atoms with E-state index < -0.39 is 0 Å². The Labute approximate surface area is 153 Å². The van der Waals surface area contributed by atoms with E-state index in [0.717, 1.165) is 38.4 Å². The van der Waals surface area contributed by atoms with Crippen LogP contribution in [0.25, 0.3) is 0 Å². The lowest BCUT2D eigenvalue weighted by atomic mass is 10.1. The first-order valence-corrected chi connectivity index (χ1v) is 9.33. The maximum atomic E-state index is 12.9. The predicted octanol–water partition coefficient (Wildman–Crippen LogP) is -0.752. The fourth-order valence-electron chi connectivity index (χ4n) is 3.50. The molecule has 1 atom stereocenters. The quantitative estimate of drug-likeness (QED) is 0.669. The van der Waals surface area contributed by atoms with Crippen LogP contribution in [0.15, 0.2) is 24.3 Å². The summed E-state index contributed by atoms with van der Waals surface area (Å²) in [5.74, 6) is -0.543. The Hall–Kier alpha value is -1.99. The number of likely N-dealkylation sites (tertiary alicyclic amines) is 1. The number of carbonyl (C=O) groups excluding carboxylic acids is 2. The lowest BCUT2D eigenvalue weighted by Gasteiger charge is -2.24. The number of morpholine rings is 1. The third-order valence-corrected chi connectivity index (χ3v) is 5.15. The molecular weight excluding hydrogens is 337 g/mol. The van der Waals surface area contributed by atoms with Gasteiger partial charge in [0.15, 0.2) is 0 Å². The van der Waals surface area contributed by atoms with Crippen molar-refractivity contribution < 1.29 is 23.6 Å². The molecule has 2 amide bonds. The van der Waals surface area contributed by atoms with Crippen LogP contribution in [0.4, 0.5) is 4.39 Å². The Balaban J connectivity index is 1.38. The minimum atomic E-state index is -0.268. The van der Waals surface area contributed by atoms with E-state index in [0.29, 0.717) is 26.1 Å². The van der Waals surface area contributed by atoms with Gasteiger partial charge in [0.05, 0.1) is 32.2 Å². The van der Waals surface area contributed by atoms with Gasteiger partial charge in [-0.1, -0.05) is 12.1 Å². The molecule has 6 nitrogen and oxygen atoms in total. The maximum absolute atomic E-state index is 12.9. The number of halogens is 1. The smallest absolute Gasteiger partial charge is 0.225 e. The molecule has 0 saturated carbocycles. The maximum Gasteiger partial charge on any atom is 0.225 e. The molecule has 0 aliphatic carbocycles. The molecule has 7 heteroatoms. The molecule has 1 aromatic rings. The molecule has 2 heterocycles. The minimum Gasteiger partial charge on any atom is -0.370 e. The number of amides is 2. The van der Waals surface area contributed by atoms with Crippen LogP contribution in [0.1, 0.15) is 12.0 Å². The Morgan fingerprint density at radius 2 is 2.00 bits per heavy atom. The standard InChI is InChI=1S/C19H26FN3O3/c20-17-3-1-15(2-4-17)5-7-23-14-16(13-18(23)24)19(25)21-6-8-22-9-11-26-12-10-22/h1-4,16H,5-14H2,(H,21,25)/p+1/t16-/m0/s1. The molecule has 2 N–H and O–H groups in total. The third kappa shape index (κ3) is 5.25. The summed E-state index contributed by atoms with van der Waals surface area (Å²) in [6.45, 7) is 6.08. The highest BCUT2D eigenvalue weighted by Gasteiger charge is 2.33. The number of hydrogen-bond acceptors (Lipinski definition) is 3. The zero-order valence-electron chi connectivity index (χ0n) is 15.0. The molecule has 2 saturated heterocycles. The highest BCUT2D eigenvalue weighted by atomic mass is 19.1. The number of nitrogens with zero attached hydrogens (tertiary/aromatic N) is 1. The van der Waals surface area contributed by atoms with Crippen molar-refractivity contribution in [2.45, 2.75) is 12.8 Å². The number of hydrogen-bond donors (Lipinski definition) is 2. The normalized spacial score (nSPS) is 21.2. The van der Waals surface area contributed by atoms with Gasteiger partial charge in [0, 0.05) is 19.5 Å². The van der Waals surface area contributed by atoms with Gasteiger partial charge < -0.3 is 19.9 Å². The minimum absolute atomic E-state index is 0.0195. The summed E-state index contributed by atoms with van der Waals surface area (Å²) in [4.78, 5) is 27.7. The molecule has 0 spiro atoms. The highest BCUT2D eigenvalue weighted by Crippen LogP contribution is 2.18. The van der Waals surface area contributed by atoms with Crippen LogP contribution in [-0.4, -0.2) is 69.2 Å². The van der Waals surface area contributed by atoms with E-state index in [1.807, 2.05) is 0 Å². The van der Waals surface area contributed by atoms with Crippen molar-refractivity contribution in [2.24, 2.45) is 5.92 Å². The van der Waals surface area contributed by atoms with Gasteiger partial charge in [-0.3, -0.25) is 9.59 Å².